The summed E-state index contributed by atoms with van der Waals surface area (Å²) in [5.74, 6) is -0.843. The zero-order chi connectivity index (χ0) is 12.3. The van der Waals surface area contributed by atoms with Crippen molar-refractivity contribution >= 4 is 5.97 Å². The molecule has 0 radical (unpaired) electrons. The molecule has 0 bridgehead atoms. The van der Waals surface area contributed by atoms with Gasteiger partial charge in [0.15, 0.2) is 0 Å². The maximum absolute atomic E-state index is 10.9. The molecule has 94 valence electrons. The standard InChI is InChI=1S/C12H19N3O2/c1-14-8-10(13-11(14)12(16)17)9-15-6-4-2-3-5-7-15/h8H,2-7,9H2,1H3,(H,16,17). The van der Waals surface area contributed by atoms with Gasteiger partial charge in [-0.05, 0) is 25.9 Å². The van der Waals surface area contributed by atoms with Gasteiger partial charge in [-0.3, -0.25) is 4.90 Å². The Bertz CT molecular complexity index is 392. The summed E-state index contributed by atoms with van der Waals surface area (Å²) in [4.78, 5) is 17.4. The first-order valence-corrected chi connectivity index (χ1v) is 6.14. The number of aromatic carboxylic acids is 1. The molecule has 1 aromatic heterocycles. The Labute approximate surface area is 101 Å². The van der Waals surface area contributed by atoms with Crippen molar-refractivity contribution in [3.63, 3.8) is 0 Å². The normalized spacial score (nSPS) is 17.9. The molecule has 2 heterocycles. The van der Waals surface area contributed by atoms with E-state index in [9.17, 15) is 4.79 Å². The molecule has 1 fully saturated rings. The fraction of sp³-hybridized carbons (Fsp3) is 0.667. The minimum Gasteiger partial charge on any atom is -0.475 e. The lowest BCUT2D eigenvalue weighted by molar-refractivity contribution is 0.0679. The van der Waals surface area contributed by atoms with Crippen molar-refractivity contribution in [2.45, 2.75) is 32.2 Å². The summed E-state index contributed by atoms with van der Waals surface area (Å²) in [6.45, 7) is 2.96. The van der Waals surface area contributed by atoms with Crippen molar-refractivity contribution < 1.29 is 9.90 Å². The van der Waals surface area contributed by atoms with E-state index >= 15 is 0 Å². The lowest BCUT2D eigenvalue weighted by Crippen LogP contribution is -2.24. The summed E-state index contributed by atoms with van der Waals surface area (Å²) in [7, 11) is 1.72. The third kappa shape index (κ3) is 3.06. The summed E-state index contributed by atoms with van der Waals surface area (Å²) in [5.41, 5.74) is 0.854. The number of carbonyl (C=O) groups is 1. The maximum atomic E-state index is 10.9. The smallest absolute Gasteiger partial charge is 0.372 e. The average Bonchev–Trinajstić information content (AvgIpc) is 2.50. The number of hydrogen-bond acceptors (Lipinski definition) is 3. The minimum absolute atomic E-state index is 0.120. The number of aromatic nitrogens is 2. The SMILES string of the molecule is Cn1cc(CN2CCCCCC2)nc1C(=O)O. The van der Waals surface area contributed by atoms with E-state index in [0.717, 1.165) is 25.3 Å². The first kappa shape index (κ1) is 12.1. The quantitative estimate of drug-likeness (QED) is 0.865. The Morgan fingerprint density at radius 3 is 2.53 bits per heavy atom. The molecule has 2 rings (SSSR count). The highest BCUT2D eigenvalue weighted by Crippen LogP contribution is 2.13. The van der Waals surface area contributed by atoms with Crippen LogP contribution in [0, 0.1) is 0 Å². The van der Waals surface area contributed by atoms with Gasteiger partial charge < -0.3 is 9.67 Å². The molecular formula is C12H19N3O2. The van der Waals surface area contributed by atoms with Crippen LogP contribution in [0.5, 0.6) is 0 Å². The van der Waals surface area contributed by atoms with Crippen LogP contribution in [0.15, 0.2) is 6.20 Å². The maximum Gasteiger partial charge on any atom is 0.372 e. The topological polar surface area (TPSA) is 58.4 Å². The van der Waals surface area contributed by atoms with E-state index in [0.29, 0.717) is 0 Å². The monoisotopic (exact) mass is 237 g/mol. The number of imidazole rings is 1. The number of hydrogen-bond donors (Lipinski definition) is 1. The number of rotatable bonds is 3. The molecule has 1 aliphatic heterocycles. The number of likely N-dealkylation sites (tertiary alicyclic amines) is 1. The lowest BCUT2D eigenvalue weighted by Gasteiger charge is -2.17. The van der Waals surface area contributed by atoms with Crippen molar-refractivity contribution in [1.29, 1.82) is 0 Å². The molecule has 17 heavy (non-hydrogen) atoms. The average molecular weight is 237 g/mol. The largest absolute Gasteiger partial charge is 0.475 e. The van der Waals surface area contributed by atoms with E-state index in [1.54, 1.807) is 11.6 Å². The second-order valence-electron chi connectivity index (χ2n) is 4.66. The number of carboxylic acids is 1. The fourth-order valence-electron chi connectivity index (χ4n) is 2.33. The lowest BCUT2D eigenvalue weighted by atomic mass is 10.2. The van der Waals surface area contributed by atoms with Gasteiger partial charge in [-0.2, -0.15) is 0 Å². The van der Waals surface area contributed by atoms with Crippen molar-refractivity contribution in [3.8, 4) is 0 Å². The summed E-state index contributed by atoms with van der Waals surface area (Å²) in [6.07, 6.45) is 6.89. The van der Waals surface area contributed by atoms with E-state index in [-0.39, 0.29) is 5.82 Å². The Balaban J connectivity index is 2.02. The highest BCUT2D eigenvalue weighted by molar-refractivity contribution is 5.83. The van der Waals surface area contributed by atoms with Gasteiger partial charge in [0.2, 0.25) is 5.82 Å². The van der Waals surface area contributed by atoms with Crippen molar-refractivity contribution in [2.75, 3.05) is 13.1 Å². The van der Waals surface area contributed by atoms with E-state index < -0.39 is 5.97 Å². The van der Waals surface area contributed by atoms with Gasteiger partial charge in [-0.1, -0.05) is 12.8 Å². The summed E-state index contributed by atoms with van der Waals surface area (Å²) >= 11 is 0. The zero-order valence-corrected chi connectivity index (χ0v) is 10.2. The molecule has 0 atom stereocenters. The number of carboxylic acid groups (broad SMARTS) is 1. The van der Waals surface area contributed by atoms with Gasteiger partial charge in [-0.25, -0.2) is 9.78 Å². The van der Waals surface area contributed by atoms with E-state index in [1.165, 1.54) is 25.7 Å². The van der Waals surface area contributed by atoms with Crippen LogP contribution >= 0.6 is 0 Å². The molecule has 1 aliphatic rings. The highest BCUT2D eigenvalue weighted by atomic mass is 16.4. The van der Waals surface area contributed by atoms with Gasteiger partial charge in [0.1, 0.15) is 0 Å². The van der Waals surface area contributed by atoms with Crippen LogP contribution in [0.4, 0.5) is 0 Å². The van der Waals surface area contributed by atoms with Crippen LogP contribution < -0.4 is 0 Å². The fourth-order valence-corrected chi connectivity index (χ4v) is 2.33. The van der Waals surface area contributed by atoms with Gasteiger partial charge >= 0.3 is 5.97 Å². The molecule has 0 aliphatic carbocycles. The Morgan fingerprint density at radius 2 is 2.00 bits per heavy atom. The number of nitrogens with zero attached hydrogens (tertiary/aromatic N) is 3. The Kier molecular flexibility index (Phi) is 3.78. The summed E-state index contributed by atoms with van der Waals surface area (Å²) in [6, 6.07) is 0. The molecule has 0 spiro atoms. The summed E-state index contributed by atoms with van der Waals surface area (Å²) in [5, 5.41) is 8.93. The van der Waals surface area contributed by atoms with Gasteiger partial charge in [0, 0.05) is 19.8 Å². The zero-order valence-electron chi connectivity index (χ0n) is 10.2. The third-order valence-corrected chi connectivity index (χ3v) is 3.20. The van der Waals surface area contributed by atoms with Crippen molar-refractivity contribution in [1.82, 2.24) is 14.5 Å². The molecule has 5 heteroatoms. The van der Waals surface area contributed by atoms with Crippen LogP contribution in [-0.2, 0) is 13.6 Å². The third-order valence-electron chi connectivity index (χ3n) is 3.20. The van der Waals surface area contributed by atoms with E-state index in [2.05, 4.69) is 9.88 Å². The Hall–Kier alpha value is -1.36. The molecule has 0 aromatic carbocycles. The van der Waals surface area contributed by atoms with Gasteiger partial charge in [0.25, 0.3) is 0 Å². The molecule has 5 nitrogen and oxygen atoms in total. The van der Waals surface area contributed by atoms with Crippen molar-refractivity contribution in [2.24, 2.45) is 7.05 Å². The van der Waals surface area contributed by atoms with Gasteiger partial charge in [0.05, 0.1) is 5.69 Å². The number of aryl methyl sites for hydroxylation is 1. The molecule has 1 N–H and O–H groups in total. The van der Waals surface area contributed by atoms with Crippen LogP contribution in [-0.4, -0.2) is 38.6 Å². The van der Waals surface area contributed by atoms with E-state index in [1.807, 2.05) is 6.20 Å². The first-order valence-electron chi connectivity index (χ1n) is 6.14. The molecular weight excluding hydrogens is 218 g/mol. The van der Waals surface area contributed by atoms with Gasteiger partial charge in [-0.15, -0.1) is 0 Å². The second-order valence-corrected chi connectivity index (χ2v) is 4.66. The molecule has 0 amide bonds. The van der Waals surface area contributed by atoms with Crippen LogP contribution in [0.3, 0.4) is 0 Å². The van der Waals surface area contributed by atoms with Crippen LogP contribution in [0.25, 0.3) is 0 Å². The second kappa shape index (κ2) is 5.31. The molecule has 1 aromatic rings. The minimum atomic E-state index is -0.963. The first-order chi connectivity index (χ1) is 8.16. The molecule has 0 saturated carbocycles. The molecule has 0 unspecified atom stereocenters. The molecule has 1 saturated heterocycles. The van der Waals surface area contributed by atoms with Crippen LogP contribution in [0.1, 0.15) is 42.0 Å². The summed E-state index contributed by atoms with van der Waals surface area (Å²) < 4.78 is 1.58. The van der Waals surface area contributed by atoms with E-state index in [4.69, 9.17) is 5.11 Å². The predicted molar refractivity (Wildman–Crippen MR) is 63.9 cm³/mol. The van der Waals surface area contributed by atoms with Crippen LogP contribution in [0.2, 0.25) is 0 Å². The highest BCUT2D eigenvalue weighted by Gasteiger charge is 2.15. The Morgan fingerprint density at radius 1 is 1.35 bits per heavy atom. The predicted octanol–water partition coefficient (Wildman–Crippen LogP) is 1.49. The van der Waals surface area contributed by atoms with Crippen molar-refractivity contribution in [3.05, 3.63) is 17.7 Å².